The fourth-order valence-corrected chi connectivity index (χ4v) is 4.68. The average Bonchev–Trinajstić information content (AvgIpc) is 2.49. The van der Waals surface area contributed by atoms with E-state index >= 15 is 0 Å². The van der Waals surface area contributed by atoms with E-state index in [1.54, 1.807) is 18.2 Å². The number of nitro benzene ring substituents is 2. The molecule has 0 spiro atoms. The summed E-state index contributed by atoms with van der Waals surface area (Å²) in [5.74, 6) is 0. The summed E-state index contributed by atoms with van der Waals surface area (Å²) in [4.78, 5) is 21.5. The normalized spacial score (nSPS) is 13.1. The fraction of sp³-hybridized carbons (Fsp3) is 0.0769. The smallest absolute Gasteiger partial charge is 0.258 e. The van der Waals surface area contributed by atoms with Gasteiger partial charge in [0.1, 0.15) is 5.69 Å². The summed E-state index contributed by atoms with van der Waals surface area (Å²) < 4.78 is 25.4. The maximum absolute atomic E-state index is 12.3. The topological polar surface area (TPSA) is 124 Å². The minimum Gasteiger partial charge on any atom is -0.258 e. The molecular weight excluding hydrogens is 358 g/mol. The Bertz CT molecular complexity index is 989. The van der Waals surface area contributed by atoms with Crippen LogP contribution >= 0.6 is 11.8 Å². The van der Waals surface area contributed by atoms with Crippen molar-refractivity contribution in [3.8, 4) is 0 Å². The molecule has 0 radical (unpaired) electrons. The van der Waals surface area contributed by atoms with Crippen molar-refractivity contribution in [2.45, 2.75) is 9.79 Å². The van der Waals surface area contributed by atoms with Gasteiger partial charge < -0.3 is 0 Å². The van der Waals surface area contributed by atoms with Gasteiger partial charge in [0.05, 0.1) is 32.8 Å². The number of anilines is 2. The molecule has 1 aliphatic heterocycles. The van der Waals surface area contributed by atoms with Gasteiger partial charge in [0.25, 0.3) is 5.69 Å². The Labute approximate surface area is 140 Å². The second-order valence-electron chi connectivity index (χ2n) is 4.92. The molecule has 3 rings (SSSR count). The van der Waals surface area contributed by atoms with E-state index < -0.39 is 31.2 Å². The number of rotatable bonds is 3. The van der Waals surface area contributed by atoms with Gasteiger partial charge in [-0.1, -0.05) is 23.9 Å². The second kappa shape index (κ2) is 5.46. The maximum atomic E-state index is 12.3. The second-order valence-corrected chi connectivity index (χ2v) is 7.84. The third-order valence-corrected chi connectivity index (χ3v) is 5.42. The lowest BCUT2D eigenvalue weighted by atomic mass is 10.2. The van der Waals surface area contributed by atoms with Crippen molar-refractivity contribution in [1.82, 2.24) is 0 Å². The molecule has 0 aromatic heterocycles. The molecule has 0 bridgehead atoms. The molecule has 9 nitrogen and oxygen atoms in total. The zero-order valence-electron chi connectivity index (χ0n) is 12.1. The van der Waals surface area contributed by atoms with Crippen LogP contribution in [-0.2, 0) is 10.0 Å². The first-order chi connectivity index (χ1) is 11.2. The van der Waals surface area contributed by atoms with Gasteiger partial charge in [0.2, 0.25) is 10.0 Å². The van der Waals surface area contributed by atoms with Gasteiger partial charge in [0.15, 0.2) is 0 Å². The van der Waals surface area contributed by atoms with Crippen molar-refractivity contribution in [3.63, 3.8) is 0 Å². The lowest BCUT2D eigenvalue weighted by Gasteiger charge is -2.29. The molecule has 0 unspecified atom stereocenters. The van der Waals surface area contributed by atoms with Crippen LogP contribution in [0.15, 0.2) is 46.2 Å². The van der Waals surface area contributed by atoms with Crippen LogP contribution in [0.2, 0.25) is 0 Å². The largest absolute Gasteiger partial charge is 0.301 e. The minimum absolute atomic E-state index is 0.139. The van der Waals surface area contributed by atoms with Gasteiger partial charge in [-0.3, -0.25) is 20.2 Å². The lowest BCUT2D eigenvalue weighted by molar-refractivity contribution is -0.394. The molecule has 11 heteroatoms. The standard InChI is InChI=1S/C13H9N3O6S2/c1-24(21,22)14-9-4-2-3-5-11(9)23-12-7-8(15(17)18)6-10(13(12)14)16(19)20/h2-7H,1H3. The van der Waals surface area contributed by atoms with E-state index in [0.29, 0.717) is 4.90 Å². The summed E-state index contributed by atoms with van der Waals surface area (Å²) in [7, 11) is -3.90. The van der Waals surface area contributed by atoms with Crippen LogP contribution in [0, 0.1) is 20.2 Å². The van der Waals surface area contributed by atoms with Crippen LogP contribution in [0.1, 0.15) is 0 Å². The van der Waals surface area contributed by atoms with Crippen molar-refractivity contribution >= 4 is 44.5 Å². The summed E-state index contributed by atoms with van der Waals surface area (Å²) >= 11 is 1.05. The summed E-state index contributed by atoms with van der Waals surface area (Å²) in [5.41, 5.74) is -1.02. The highest BCUT2D eigenvalue weighted by atomic mass is 32.2. The zero-order valence-corrected chi connectivity index (χ0v) is 13.7. The van der Waals surface area contributed by atoms with E-state index in [-0.39, 0.29) is 16.3 Å². The van der Waals surface area contributed by atoms with E-state index in [9.17, 15) is 28.6 Å². The number of nitrogens with zero attached hydrogens (tertiary/aromatic N) is 3. The van der Waals surface area contributed by atoms with Crippen molar-refractivity contribution in [3.05, 3.63) is 56.6 Å². The highest BCUT2D eigenvalue weighted by Crippen LogP contribution is 2.53. The molecule has 2 aromatic rings. The number of benzene rings is 2. The molecule has 0 N–H and O–H groups in total. The molecule has 0 atom stereocenters. The van der Waals surface area contributed by atoms with Gasteiger partial charge in [0, 0.05) is 11.0 Å². The van der Waals surface area contributed by atoms with Crippen LogP contribution in [-0.4, -0.2) is 24.5 Å². The maximum Gasteiger partial charge on any atom is 0.301 e. The van der Waals surface area contributed by atoms with Crippen molar-refractivity contribution in [2.75, 3.05) is 10.6 Å². The molecule has 124 valence electrons. The quantitative estimate of drug-likeness (QED) is 0.603. The first-order valence-electron chi connectivity index (χ1n) is 6.44. The number of nitro groups is 2. The Balaban J connectivity index is 2.40. The molecule has 2 aromatic carbocycles. The highest BCUT2D eigenvalue weighted by Gasteiger charge is 2.37. The molecule has 1 heterocycles. The number of non-ortho nitro benzene ring substituents is 1. The van der Waals surface area contributed by atoms with Gasteiger partial charge >= 0.3 is 5.69 Å². The fourth-order valence-electron chi connectivity index (χ4n) is 2.40. The minimum atomic E-state index is -3.90. The van der Waals surface area contributed by atoms with E-state index in [4.69, 9.17) is 0 Å². The van der Waals surface area contributed by atoms with Crippen molar-refractivity contribution in [2.24, 2.45) is 0 Å². The molecule has 0 saturated heterocycles. The molecule has 0 fully saturated rings. The van der Waals surface area contributed by atoms with Crippen LogP contribution < -0.4 is 4.31 Å². The number of para-hydroxylation sites is 1. The van der Waals surface area contributed by atoms with E-state index in [1.165, 1.54) is 6.07 Å². The third kappa shape index (κ3) is 2.57. The average molecular weight is 367 g/mol. The number of hydrogen-bond donors (Lipinski definition) is 0. The Morgan fingerprint density at radius 3 is 2.29 bits per heavy atom. The van der Waals surface area contributed by atoms with Gasteiger partial charge in [-0.2, -0.15) is 0 Å². The summed E-state index contributed by atoms with van der Waals surface area (Å²) in [6, 6.07) is 8.37. The summed E-state index contributed by atoms with van der Waals surface area (Å²) in [6.07, 6.45) is 0.925. The predicted octanol–water partition coefficient (Wildman–Crippen LogP) is 3.07. The molecule has 0 saturated carbocycles. The molecular formula is C13H9N3O6S2. The Morgan fingerprint density at radius 2 is 1.71 bits per heavy atom. The van der Waals surface area contributed by atoms with Crippen LogP contribution in [0.3, 0.4) is 0 Å². The molecule has 1 aliphatic rings. The van der Waals surface area contributed by atoms with Crippen molar-refractivity contribution < 1.29 is 18.3 Å². The predicted molar refractivity (Wildman–Crippen MR) is 87.3 cm³/mol. The Hall–Kier alpha value is -2.66. The highest BCUT2D eigenvalue weighted by molar-refractivity contribution is 8.00. The number of fused-ring (bicyclic) bond motifs is 2. The molecule has 0 amide bonds. The SMILES string of the molecule is CS(=O)(=O)N1c2ccccc2Sc2cc([N+](=O)[O-])cc([N+](=O)[O-])c21. The zero-order chi connectivity index (χ0) is 17.6. The number of sulfonamides is 1. The van der Waals surface area contributed by atoms with Crippen LogP contribution in [0.5, 0.6) is 0 Å². The van der Waals surface area contributed by atoms with Gasteiger partial charge in [-0.05, 0) is 12.1 Å². The Kier molecular flexibility index (Phi) is 3.68. The van der Waals surface area contributed by atoms with Gasteiger partial charge in [-0.15, -0.1) is 0 Å². The van der Waals surface area contributed by atoms with Crippen LogP contribution in [0.25, 0.3) is 0 Å². The molecule has 24 heavy (non-hydrogen) atoms. The Morgan fingerprint density at radius 1 is 1.04 bits per heavy atom. The van der Waals surface area contributed by atoms with Crippen molar-refractivity contribution in [1.29, 1.82) is 0 Å². The van der Waals surface area contributed by atoms with E-state index in [1.807, 2.05) is 0 Å². The molecule has 0 aliphatic carbocycles. The third-order valence-electron chi connectivity index (χ3n) is 3.29. The lowest BCUT2D eigenvalue weighted by Crippen LogP contribution is -2.28. The first-order valence-corrected chi connectivity index (χ1v) is 9.10. The monoisotopic (exact) mass is 367 g/mol. The van der Waals surface area contributed by atoms with Gasteiger partial charge in [-0.25, -0.2) is 12.7 Å². The summed E-state index contributed by atoms with van der Waals surface area (Å²) in [6.45, 7) is 0. The first kappa shape index (κ1) is 16.2. The van der Waals surface area contributed by atoms with E-state index in [0.717, 1.165) is 34.5 Å². The van der Waals surface area contributed by atoms with Crippen LogP contribution in [0.4, 0.5) is 22.7 Å². The van der Waals surface area contributed by atoms with E-state index in [2.05, 4.69) is 0 Å². The summed E-state index contributed by atoms with van der Waals surface area (Å²) in [5, 5.41) is 22.4. The number of hydrogen-bond acceptors (Lipinski definition) is 7.